The van der Waals surface area contributed by atoms with E-state index in [4.69, 9.17) is 64.6 Å². The lowest BCUT2D eigenvalue weighted by molar-refractivity contribution is 0.0524. The van der Waals surface area contributed by atoms with Gasteiger partial charge in [0.2, 0.25) is 0 Å². The Labute approximate surface area is 301 Å². The standard InChI is InChI=1S/C22H27NO6.C17H19NO4/c1-7-12-27-18-14-16(20(24)26-6)15-19(28-13-8-2)17(18)10-9-11-23-21(25)29-22(3,4)5;1-4-9-21-15-11-13(17(19)20-3)12-16(22-10-5-2)14(15)7-6-8-18/h1-2,14-15H,9-13H2,3-6H3,(H,23,25);1-2,11-12H,6-10,18H2,3H3. The molecule has 0 aromatic heterocycles. The van der Waals surface area contributed by atoms with E-state index in [1.807, 2.05) is 0 Å². The average Bonchev–Trinajstić information content (AvgIpc) is 3.11. The van der Waals surface area contributed by atoms with Crippen molar-refractivity contribution in [3.05, 3.63) is 46.5 Å². The Hall–Kier alpha value is -5.95. The summed E-state index contributed by atoms with van der Waals surface area (Å²) in [5.74, 6) is 10.3. The first kappa shape index (κ1) is 43.1. The lowest BCUT2D eigenvalue weighted by Gasteiger charge is -2.20. The van der Waals surface area contributed by atoms with Crippen molar-refractivity contribution in [2.75, 3.05) is 53.7 Å². The molecule has 51 heavy (non-hydrogen) atoms. The van der Waals surface area contributed by atoms with Crippen molar-refractivity contribution in [2.45, 2.75) is 52.1 Å². The fourth-order valence-corrected chi connectivity index (χ4v) is 4.25. The number of methoxy groups -OCH3 is 2. The predicted molar refractivity (Wildman–Crippen MR) is 193 cm³/mol. The lowest BCUT2D eigenvalue weighted by atomic mass is 10.0. The number of alkyl carbamates (subject to hydrolysis) is 1. The molecule has 272 valence electrons. The molecule has 0 fully saturated rings. The van der Waals surface area contributed by atoms with E-state index in [1.54, 1.807) is 45.0 Å². The molecular formula is C39H46N2O10. The fraction of sp³-hybridized carbons (Fsp3) is 0.410. The van der Waals surface area contributed by atoms with Crippen LogP contribution in [0.25, 0.3) is 0 Å². The minimum atomic E-state index is -0.569. The van der Waals surface area contributed by atoms with Gasteiger partial charge in [0, 0.05) is 17.7 Å². The summed E-state index contributed by atoms with van der Waals surface area (Å²) < 4.78 is 36.9. The molecule has 0 spiro atoms. The van der Waals surface area contributed by atoms with E-state index < -0.39 is 23.6 Å². The van der Waals surface area contributed by atoms with Crippen LogP contribution in [0.3, 0.4) is 0 Å². The summed E-state index contributed by atoms with van der Waals surface area (Å²) in [7, 11) is 2.58. The third-order valence-corrected chi connectivity index (χ3v) is 6.32. The highest BCUT2D eigenvalue weighted by atomic mass is 16.6. The van der Waals surface area contributed by atoms with Gasteiger partial charge in [-0.3, -0.25) is 0 Å². The molecule has 2 aromatic rings. The van der Waals surface area contributed by atoms with E-state index in [0.29, 0.717) is 66.5 Å². The minimum Gasteiger partial charge on any atom is -0.481 e. The maximum Gasteiger partial charge on any atom is 0.407 e. The number of hydrogen-bond acceptors (Lipinski definition) is 11. The summed E-state index contributed by atoms with van der Waals surface area (Å²) >= 11 is 0. The van der Waals surface area contributed by atoms with Crippen LogP contribution in [0.1, 0.15) is 65.5 Å². The van der Waals surface area contributed by atoms with Crippen molar-refractivity contribution < 1.29 is 47.5 Å². The number of hydrogen-bond donors (Lipinski definition) is 2. The largest absolute Gasteiger partial charge is 0.481 e. The number of benzene rings is 2. The summed E-state index contributed by atoms with van der Waals surface area (Å²) in [5.41, 5.74) is 7.01. The number of nitrogens with one attached hydrogen (secondary N) is 1. The van der Waals surface area contributed by atoms with E-state index in [1.165, 1.54) is 14.2 Å². The number of carbonyl (C=O) groups is 3. The van der Waals surface area contributed by atoms with Crippen molar-refractivity contribution in [1.29, 1.82) is 0 Å². The van der Waals surface area contributed by atoms with Crippen molar-refractivity contribution in [3.63, 3.8) is 0 Å². The van der Waals surface area contributed by atoms with Crippen LogP contribution in [-0.4, -0.2) is 77.4 Å². The molecule has 12 heteroatoms. The Balaban J connectivity index is 0.000000530. The van der Waals surface area contributed by atoms with Crippen LogP contribution in [0.4, 0.5) is 4.79 Å². The fourth-order valence-electron chi connectivity index (χ4n) is 4.25. The van der Waals surface area contributed by atoms with Crippen molar-refractivity contribution >= 4 is 18.0 Å². The van der Waals surface area contributed by atoms with Crippen molar-refractivity contribution in [1.82, 2.24) is 5.32 Å². The van der Waals surface area contributed by atoms with Crippen LogP contribution in [0, 0.1) is 49.4 Å². The number of rotatable bonds is 17. The van der Waals surface area contributed by atoms with Crippen LogP contribution >= 0.6 is 0 Å². The minimum absolute atomic E-state index is 0.0162. The zero-order chi connectivity index (χ0) is 38.2. The molecule has 2 rings (SSSR count). The van der Waals surface area contributed by atoms with Gasteiger partial charge in [0.1, 0.15) is 55.0 Å². The maximum atomic E-state index is 12.0. The summed E-state index contributed by atoms with van der Waals surface area (Å²) in [6.07, 6.45) is 22.9. The molecule has 0 atom stereocenters. The second-order valence-corrected chi connectivity index (χ2v) is 11.3. The Morgan fingerprint density at radius 1 is 0.667 bits per heavy atom. The Morgan fingerprint density at radius 2 is 1.02 bits per heavy atom. The molecule has 0 radical (unpaired) electrons. The summed E-state index contributed by atoms with van der Waals surface area (Å²) in [4.78, 5) is 35.5. The lowest BCUT2D eigenvalue weighted by Crippen LogP contribution is -2.33. The van der Waals surface area contributed by atoms with Crippen LogP contribution in [0.2, 0.25) is 0 Å². The van der Waals surface area contributed by atoms with Gasteiger partial charge in [-0.2, -0.15) is 0 Å². The average molecular weight is 703 g/mol. The topological polar surface area (TPSA) is 154 Å². The van der Waals surface area contributed by atoms with Gasteiger partial charge in [-0.1, -0.05) is 23.7 Å². The van der Waals surface area contributed by atoms with Gasteiger partial charge < -0.3 is 44.2 Å². The molecule has 0 heterocycles. The first-order valence-electron chi connectivity index (χ1n) is 15.8. The Kier molecular flexibility index (Phi) is 19.8. The number of carbonyl (C=O) groups excluding carboxylic acids is 3. The number of nitrogens with two attached hydrogens (primary N) is 1. The van der Waals surface area contributed by atoms with Crippen molar-refractivity contribution in [3.8, 4) is 72.4 Å². The molecule has 0 unspecified atom stereocenters. The number of terminal acetylenes is 4. The zero-order valence-electron chi connectivity index (χ0n) is 29.8. The molecule has 0 saturated carbocycles. The van der Waals surface area contributed by atoms with Gasteiger partial charge in [-0.05, 0) is 77.3 Å². The molecule has 0 aliphatic rings. The molecule has 1 amide bonds. The van der Waals surface area contributed by atoms with E-state index in [0.717, 1.165) is 12.0 Å². The number of amides is 1. The second kappa shape index (κ2) is 23.4. The highest BCUT2D eigenvalue weighted by Crippen LogP contribution is 2.34. The van der Waals surface area contributed by atoms with Gasteiger partial charge in [0.15, 0.2) is 0 Å². The Bertz CT molecular complexity index is 1550. The first-order chi connectivity index (χ1) is 24.4. The Morgan fingerprint density at radius 3 is 1.31 bits per heavy atom. The highest BCUT2D eigenvalue weighted by Gasteiger charge is 2.20. The molecule has 0 aliphatic carbocycles. The number of ether oxygens (including phenoxy) is 7. The van der Waals surface area contributed by atoms with Crippen LogP contribution in [0.5, 0.6) is 23.0 Å². The summed E-state index contributed by atoms with van der Waals surface area (Å²) in [6, 6.07) is 6.25. The third kappa shape index (κ3) is 15.9. The van der Waals surface area contributed by atoms with Crippen LogP contribution in [0.15, 0.2) is 24.3 Å². The molecule has 0 saturated heterocycles. The third-order valence-electron chi connectivity index (χ3n) is 6.32. The SMILES string of the molecule is C#CCOc1cc(C(=O)OC)cc(OCC#C)c1CCCN.C#CCOc1cc(C(=O)OC)cc(OCC#C)c1CCCNC(=O)OC(C)(C)C. The van der Waals surface area contributed by atoms with E-state index in [9.17, 15) is 14.4 Å². The van der Waals surface area contributed by atoms with Crippen LogP contribution < -0.4 is 30.0 Å². The summed E-state index contributed by atoms with van der Waals surface area (Å²) in [6.45, 7) is 6.45. The van der Waals surface area contributed by atoms with Crippen molar-refractivity contribution in [2.24, 2.45) is 5.73 Å². The van der Waals surface area contributed by atoms with Gasteiger partial charge in [0.05, 0.1) is 25.3 Å². The maximum absolute atomic E-state index is 12.0. The molecule has 2 aromatic carbocycles. The van der Waals surface area contributed by atoms with Gasteiger partial charge in [-0.25, -0.2) is 14.4 Å². The normalized spacial score (nSPS) is 9.92. The van der Waals surface area contributed by atoms with E-state index >= 15 is 0 Å². The molecule has 0 aliphatic heterocycles. The van der Waals surface area contributed by atoms with Gasteiger partial charge >= 0.3 is 18.0 Å². The highest BCUT2D eigenvalue weighted by molar-refractivity contribution is 5.91. The predicted octanol–water partition coefficient (Wildman–Crippen LogP) is 4.34. The zero-order valence-corrected chi connectivity index (χ0v) is 29.8. The summed E-state index contributed by atoms with van der Waals surface area (Å²) in [5, 5.41) is 2.69. The van der Waals surface area contributed by atoms with E-state index in [2.05, 4.69) is 29.0 Å². The molecule has 0 bridgehead atoms. The van der Waals surface area contributed by atoms with Crippen LogP contribution in [-0.2, 0) is 27.1 Å². The van der Waals surface area contributed by atoms with Gasteiger partial charge in [0.25, 0.3) is 0 Å². The van der Waals surface area contributed by atoms with Gasteiger partial charge in [-0.15, -0.1) is 25.7 Å². The first-order valence-corrected chi connectivity index (χ1v) is 15.8. The second-order valence-electron chi connectivity index (χ2n) is 11.3. The number of esters is 2. The smallest absolute Gasteiger partial charge is 0.407 e. The monoisotopic (exact) mass is 702 g/mol. The molecular weight excluding hydrogens is 656 g/mol. The van der Waals surface area contributed by atoms with E-state index in [-0.39, 0.29) is 32.0 Å². The molecule has 3 N–H and O–H groups in total. The quantitative estimate of drug-likeness (QED) is 0.105. The molecule has 12 nitrogen and oxygen atoms in total.